The number of hydrogen-bond acceptors (Lipinski definition) is 4. The number of aromatic nitrogens is 1. The van der Waals surface area contributed by atoms with Gasteiger partial charge in [0.05, 0.1) is 23.3 Å². The third kappa shape index (κ3) is 4.26. The SMILES string of the molecule is CC1OC(=O)C2CC3C(O)CCCC3[C@H](/C=C/c3ccc(-c4cccc(C(F)(F)F)c4)cn3)C12. The number of fused-ring (bicyclic) bond motifs is 2. The topological polar surface area (TPSA) is 59.4 Å². The second kappa shape index (κ2) is 8.84. The summed E-state index contributed by atoms with van der Waals surface area (Å²) >= 11 is 0. The van der Waals surface area contributed by atoms with Crippen LogP contribution in [0.2, 0.25) is 0 Å². The second-order valence-electron chi connectivity index (χ2n) is 9.87. The summed E-state index contributed by atoms with van der Waals surface area (Å²) in [5.41, 5.74) is 1.08. The van der Waals surface area contributed by atoms with Crippen molar-refractivity contribution < 1.29 is 27.8 Å². The van der Waals surface area contributed by atoms with E-state index in [9.17, 15) is 23.1 Å². The summed E-state index contributed by atoms with van der Waals surface area (Å²) in [4.78, 5) is 16.9. The van der Waals surface area contributed by atoms with Crippen LogP contribution in [-0.4, -0.2) is 28.3 Å². The first-order valence-corrected chi connectivity index (χ1v) is 11.9. The van der Waals surface area contributed by atoms with Gasteiger partial charge in [-0.2, -0.15) is 13.2 Å². The fourth-order valence-electron chi connectivity index (χ4n) is 6.36. The number of aliphatic hydroxyl groups is 1. The van der Waals surface area contributed by atoms with Crippen molar-refractivity contribution in [2.75, 3.05) is 0 Å². The van der Waals surface area contributed by atoms with Gasteiger partial charge in [-0.3, -0.25) is 9.78 Å². The first kappa shape index (κ1) is 23.1. The van der Waals surface area contributed by atoms with Crippen molar-refractivity contribution in [1.29, 1.82) is 0 Å². The molecule has 7 heteroatoms. The number of rotatable bonds is 3. The van der Waals surface area contributed by atoms with E-state index >= 15 is 0 Å². The third-order valence-electron chi connectivity index (χ3n) is 7.96. The molecule has 0 spiro atoms. The highest BCUT2D eigenvalue weighted by Gasteiger charge is 2.55. The van der Waals surface area contributed by atoms with Gasteiger partial charge >= 0.3 is 12.1 Å². The quantitative estimate of drug-likeness (QED) is 0.579. The number of carbonyl (C=O) groups excluding carboxylic acids is 1. The maximum atomic E-state index is 13.0. The Morgan fingerprint density at radius 2 is 1.94 bits per heavy atom. The van der Waals surface area contributed by atoms with E-state index in [1.54, 1.807) is 24.4 Å². The number of ether oxygens (including phenoxy) is 1. The lowest BCUT2D eigenvalue weighted by atomic mass is 9.56. The van der Waals surface area contributed by atoms with E-state index in [0.717, 1.165) is 31.4 Å². The van der Waals surface area contributed by atoms with E-state index < -0.39 is 11.7 Å². The minimum atomic E-state index is -4.39. The first-order valence-electron chi connectivity index (χ1n) is 11.9. The van der Waals surface area contributed by atoms with Crippen molar-refractivity contribution in [2.24, 2.45) is 29.6 Å². The molecule has 1 saturated heterocycles. The van der Waals surface area contributed by atoms with Gasteiger partial charge in [-0.15, -0.1) is 0 Å². The molecule has 0 bridgehead atoms. The largest absolute Gasteiger partial charge is 0.462 e. The zero-order valence-corrected chi connectivity index (χ0v) is 18.9. The average molecular weight is 472 g/mol. The molecule has 1 N–H and O–H groups in total. The van der Waals surface area contributed by atoms with E-state index in [1.807, 2.05) is 13.0 Å². The van der Waals surface area contributed by atoms with Crippen molar-refractivity contribution in [1.82, 2.24) is 4.98 Å². The molecular weight excluding hydrogens is 443 g/mol. The number of benzene rings is 1. The Morgan fingerprint density at radius 1 is 1.12 bits per heavy atom. The monoisotopic (exact) mass is 471 g/mol. The zero-order chi connectivity index (χ0) is 24.0. The average Bonchev–Trinajstić information content (AvgIpc) is 3.10. The maximum Gasteiger partial charge on any atom is 0.416 e. The van der Waals surface area contributed by atoms with Crippen LogP contribution in [0.5, 0.6) is 0 Å². The van der Waals surface area contributed by atoms with Gasteiger partial charge in [0.25, 0.3) is 0 Å². The Bertz CT molecular complexity index is 1080. The molecule has 3 fully saturated rings. The molecule has 5 rings (SSSR count). The Balaban J connectivity index is 1.39. The van der Waals surface area contributed by atoms with Crippen LogP contribution in [0.1, 0.15) is 43.9 Å². The second-order valence-corrected chi connectivity index (χ2v) is 9.87. The minimum absolute atomic E-state index is 0.0830. The fraction of sp³-hybridized carbons (Fsp3) is 0.481. The van der Waals surface area contributed by atoms with Gasteiger partial charge in [-0.25, -0.2) is 0 Å². The predicted molar refractivity (Wildman–Crippen MR) is 121 cm³/mol. The molecule has 4 nitrogen and oxygen atoms in total. The molecule has 6 unspecified atom stereocenters. The molecular formula is C27H28F3NO3. The van der Waals surface area contributed by atoms with Gasteiger partial charge in [0.2, 0.25) is 0 Å². The number of pyridine rings is 1. The van der Waals surface area contributed by atoms with Crippen LogP contribution in [0.4, 0.5) is 13.2 Å². The summed E-state index contributed by atoms with van der Waals surface area (Å²) in [6.07, 6.45) is 4.13. The zero-order valence-electron chi connectivity index (χ0n) is 18.9. The summed E-state index contributed by atoms with van der Waals surface area (Å²) in [6.45, 7) is 1.95. The van der Waals surface area contributed by atoms with Crippen molar-refractivity contribution in [3.63, 3.8) is 0 Å². The Labute approximate surface area is 196 Å². The molecule has 1 aromatic carbocycles. The van der Waals surface area contributed by atoms with E-state index in [1.165, 1.54) is 6.07 Å². The highest BCUT2D eigenvalue weighted by molar-refractivity contribution is 5.75. The Kier molecular flexibility index (Phi) is 6.00. The molecule has 180 valence electrons. The highest BCUT2D eigenvalue weighted by atomic mass is 19.4. The van der Waals surface area contributed by atoms with Crippen LogP contribution < -0.4 is 0 Å². The van der Waals surface area contributed by atoms with Crippen LogP contribution in [-0.2, 0) is 15.7 Å². The Hall–Kier alpha value is -2.67. The normalized spacial score (nSPS) is 33.4. The molecule has 1 aromatic heterocycles. The number of cyclic esters (lactones) is 1. The lowest BCUT2D eigenvalue weighted by Crippen LogP contribution is -2.47. The molecule has 7 atom stereocenters. The van der Waals surface area contributed by atoms with Crippen LogP contribution >= 0.6 is 0 Å². The smallest absolute Gasteiger partial charge is 0.416 e. The summed E-state index contributed by atoms with van der Waals surface area (Å²) < 4.78 is 44.7. The number of alkyl halides is 3. The molecule has 3 aliphatic rings. The van der Waals surface area contributed by atoms with Gasteiger partial charge in [-0.05, 0) is 73.8 Å². The number of aliphatic hydroxyl groups excluding tert-OH is 1. The maximum absolute atomic E-state index is 13.0. The third-order valence-corrected chi connectivity index (χ3v) is 7.96. The van der Waals surface area contributed by atoms with Crippen molar-refractivity contribution >= 4 is 12.0 Å². The van der Waals surface area contributed by atoms with Crippen LogP contribution in [0, 0.1) is 29.6 Å². The number of carbonyl (C=O) groups is 1. The van der Waals surface area contributed by atoms with E-state index in [2.05, 4.69) is 11.1 Å². The fourth-order valence-corrected chi connectivity index (χ4v) is 6.36. The van der Waals surface area contributed by atoms with Crippen LogP contribution in [0.15, 0.2) is 48.7 Å². The summed E-state index contributed by atoms with van der Waals surface area (Å²) in [7, 11) is 0. The lowest BCUT2D eigenvalue weighted by Gasteiger charge is -2.47. The number of esters is 1. The summed E-state index contributed by atoms with van der Waals surface area (Å²) in [5, 5.41) is 10.6. The van der Waals surface area contributed by atoms with Gasteiger partial charge in [0.15, 0.2) is 0 Å². The molecule has 2 heterocycles. The first-order chi connectivity index (χ1) is 16.2. The number of nitrogens with zero attached hydrogens (tertiary/aromatic N) is 1. The summed E-state index contributed by atoms with van der Waals surface area (Å²) in [6, 6.07) is 8.77. The predicted octanol–water partition coefficient (Wildman–Crippen LogP) is 5.76. The molecule has 2 aliphatic carbocycles. The van der Waals surface area contributed by atoms with Crippen LogP contribution in [0.25, 0.3) is 17.2 Å². The number of halogens is 3. The van der Waals surface area contributed by atoms with Crippen molar-refractivity contribution in [3.8, 4) is 11.1 Å². The Morgan fingerprint density at radius 3 is 2.68 bits per heavy atom. The van der Waals surface area contributed by atoms with Crippen molar-refractivity contribution in [3.05, 3.63) is 59.9 Å². The molecule has 34 heavy (non-hydrogen) atoms. The number of hydrogen-bond donors (Lipinski definition) is 1. The van der Waals surface area contributed by atoms with E-state index in [-0.39, 0.29) is 41.8 Å². The molecule has 0 radical (unpaired) electrons. The van der Waals surface area contributed by atoms with Gasteiger partial charge in [-0.1, -0.05) is 30.7 Å². The van der Waals surface area contributed by atoms with Gasteiger partial charge < -0.3 is 9.84 Å². The van der Waals surface area contributed by atoms with E-state index in [0.29, 0.717) is 29.2 Å². The lowest BCUT2D eigenvalue weighted by molar-refractivity contribution is -0.145. The molecule has 1 aliphatic heterocycles. The van der Waals surface area contributed by atoms with Crippen LogP contribution in [0.3, 0.4) is 0 Å². The van der Waals surface area contributed by atoms with Gasteiger partial charge in [0.1, 0.15) is 6.10 Å². The van der Waals surface area contributed by atoms with Gasteiger partial charge in [0, 0.05) is 17.7 Å². The molecule has 0 amide bonds. The summed E-state index contributed by atoms with van der Waals surface area (Å²) in [5.74, 6) is 0.233. The minimum Gasteiger partial charge on any atom is -0.462 e. The number of allylic oxidation sites excluding steroid dienone is 1. The molecule has 2 aromatic rings. The molecule has 2 saturated carbocycles. The van der Waals surface area contributed by atoms with E-state index in [4.69, 9.17) is 4.74 Å². The highest BCUT2D eigenvalue weighted by Crippen LogP contribution is 2.53. The standard InChI is InChI=1S/C27H28F3NO3/c1-15-25-21(20-6-3-7-24(32)22(20)13-23(25)26(33)34-15)11-10-19-9-8-17(14-31-19)16-4-2-5-18(12-16)27(28,29)30/h2,4-5,8-12,14-15,20-25,32H,3,6-7,13H2,1H3/b11-10+/t15?,20?,21-,22?,23?,24?,25?/m0/s1. The van der Waals surface area contributed by atoms with Crippen molar-refractivity contribution in [2.45, 2.75) is 51.0 Å².